The molecular formula is C50H63ClN6O9. The quantitative estimate of drug-likeness (QED) is 0.0486. The molecule has 2 aliphatic rings. The Labute approximate surface area is 391 Å². The molecule has 2 fully saturated rings. The molecule has 2 heterocycles. The first-order chi connectivity index (χ1) is 31.2. The summed E-state index contributed by atoms with van der Waals surface area (Å²) in [6.45, 7) is 16.2. The Bertz CT molecular complexity index is 2340. The minimum atomic E-state index is -0.972. The van der Waals surface area contributed by atoms with Gasteiger partial charge in [0.25, 0.3) is 5.91 Å². The number of halogens is 1. The molecule has 16 heteroatoms. The van der Waals surface area contributed by atoms with Crippen LogP contribution < -0.4 is 25.4 Å². The summed E-state index contributed by atoms with van der Waals surface area (Å²) < 4.78 is 23.4. The Morgan fingerprint density at radius 2 is 1.65 bits per heavy atom. The molecule has 1 saturated heterocycles. The van der Waals surface area contributed by atoms with Crippen LogP contribution in [-0.2, 0) is 25.7 Å². The van der Waals surface area contributed by atoms with Crippen molar-refractivity contribution in [2.24, 2.45) is 16.2 Å². The number of likely N-dealkylation sites (tertiary alicyclic amines) is 1. The van der Waals surface area contributed by atoms with E-state index in [9.17, 15) is 24.3 Å². The van der Waals surface area contributed by atoms with E-state index in [1.807, 2.05) is 52.0 Å². The van der Waals surface area contributed by atoms with Crippen LogP contribution in [0.15, 0.2) is 77.5 Å². The van der Waals surface area contributed by atoms with Crippen molar-refractivity contribution in [2.45, 2.75) is 112 Å². The predicted octanol–water partition coefficient (Wildman–Crippen LogP) is 6.90. The van der Waals surface area contributed by atoms with Crippen molar-refractivity contribution in [1.82, 2.24) is 25.8 Å². The first-order valence-corrected chi connectivity index (χ1v) is 22.7. The van der Waals surface area contributed by atoms with E-state index in [1.54, 1.807) is 42.5 Å². The highest BCUT2D eigenvalue weighted by Gasteiger charge is 2.64. The van der Waals surface area contributed by atoms with Gasteiger partial charge in [0, 0.05) is 65.9 Å². The molecule has 15 nitrogen and oxygen atoms in total. The van der Waals surface area contributed by atoms with Crippen molar-refractivity contribution in [3.8, 4) is 22.8 Å². The molecule has 1 aromatic heterocycles. The van der Waals surface area contributed by atoms with Gasteiger partial charge in [0.05, 0.1) is 23.4 Å². The van der Waals surface area contributed by atoms with Gasteiger partial charge in [-0.15, -0.1) is 0 Å². The number of benzene rings is 3. The number of aryl methyl sites for hydroxylation is 1. The van der Waals surface area contributed by atoms with E-state index in [0.717, 1.165) is 16.8 Å². The Morgan fingerprint density at radius 1 is 0.985 bits per heavy atom. The van der Waals surface area contributed by atoms with Gasteiger partial charge in [-0.05, 0) is 73.2 Å². The summed E-state index contributed by atoms with van der Waals surface area (Å²) in [6.07, 6.45) is 2.86. The summed E-state index contributed by atoms with van der Waals surface area (Å²) in [5.41, 5.74) is 2.14. The lowest BCUT2D eigenvalue weighted by Crippen LogP contribution is -2.74. The van der Waals surface area contributed by atoms with Gasteiger partial charge in [-0.2, -0.15) is 0 Å². The largest absolute Gasteiger partial charge is 0.494 e. The highest BCUT2D eigenvalue weighted by Crippen LogP contribution is 2.55. The lowest BCUT2D eigenvalue weighted by molar-refractivity contribution is -0.164. The number of amides is 4. The summed E-state index contributed by atoms with van der Waals surface area (Å²) in [5.74, 6) is 0.395. The van der Waals surface area contributed by atoms with Crippen LogP contribution >= 0.6 is 11.6 Å². The average Bonchev–Trinajstić information content (AvgIpc) is 3.89. The molecule has 1 saturated carbocycles. The Hall–Kier alpha value is -5.77. The minimum absolute atomic E-state index is 0.0288. The van der Waals surface area contributed by atoms with Crippen LogP contribution in [-0.4, -0.2) is 102 Å². The average molecular weight is 928 g/mol. The Morgan fingerprint density at radius 3 is 2.27 bits per heavy atom. The molecule has 4 aromatic rings. The van der Waals surface area contributed by atoms with Crippen LogP contribution in [0.5, 0.6) is 11.5 Å². The molecule has 0 unspecified atom stereocenters. The van der Waals surface area contributed by atoms with E-state index in [4.69, 9.17) is 35.6 Å². The summed E-state index contributed by atoms with van der Waals surface area (Å²) >= 11 is 6.30. The van der Waals surface area contributed by atoms with Gasteiger partial charge in [-0.25, -0.2) is 4.98 Å². The van der Waals surface area contributed by atoms with Crippen molar-refractivity contribution in [1.29, 1.82) is 5.41 Å². The van der Waals surface area contributed by atoms with Crippen LogP contribution in [0.4, 0.5) is 0 Å². The molecule has 0 bridgehead atoms. The Balaban J connectivity index is 0.895. The number of carbonyl (C=O) groups excluding carboxylic acids is 4. The zero-order valence-corrected chi connectivity index (χ0v) is 39.8. The van der Waals surface area contributed by atoms with Crippen molar-refractivity contribution in [2.75, 3.05) is 26.4 Å². The fourth-order valence-corrected chi connectivity index (χ4v) is 9.42. The minimum Gasteiger partial charge on any atom is -0.494 e. The summed E-state index contributed by atoms with van der Waals surface area (Å²) in [7, 11) is 0. The number of carbonyl (C=O) groups is 4. The number of hydrogen-bond acceptors (Lipinski definition) is 11. The van der Waals surface area contributed by atoms with Crippen LogP contribution in [0.1, 0.15) is 94.9 Å². The molecule has 4 amide bonds. The van der Waals surface area contributed by atoms with Crippen LogP contribution in [0.3, 0.4) is 0 Å². The molecule has 5 N–H and O–H groups in total. The first kappa shape index (κ1) is 49.7. The van der Waals surface area contributed by atoms with E-state index in [2.05, 4.69) is 48.6 Å². The lowest BCUT2D eigenvalue weighted by atomic mass is 9.49. The van der Waals surface area contributed by atoms with Crippen LogP contribution in [0.25, 0.3) is 11.3 Å². The third kappa shape index (κ3) is 11.6. The second-order valence-electron chi connectivity index (χ2n) is 19.5. The number of aliphatic hydroxyl groups excluding tert-OH is 1. The van der Waals surface area contributed by atoms with E-state index in [1.165, 1.54) is 17.5 Å². The number of aromatic nitrogens is 1. The van der Waals surface area contributed by atoms with Crippen molar-refractivity contribution in [3.05, 3.63) is 101 Å². The molecule has 66 heavy (non-hydrogen) atoms. The monoisotopic (exact) mass is 926 g/mol. The zero-order valence-electron chi connectivity index (χ0n) is 39.0. The standard InChI is InChI=1S/C50H63ClN6O9/c1-30-41(65-29-54-30)32-13-11-31(12-14-32)26-53-44(61)39-23-35(58)27-57(39)45(62)42(48(2,3)4)55-40(59)28-63-21-9-10-22-64-36-18-15-33(16-19-36)43(60)56-46-49(5,6)47(50(46,7)8)66-37-20-17-34(25-52)38(51)24-37/h11-20,24-25,29,35,39,42,46-47,52,58H,9-10,21-23,26-28H2,1-8H3,(H,53,61)(H,55,59)(H,56,60)/t35-,39+,42-,46?,47?/m1/s1. The van der Waals surface area contributed by atoms with Crippen molar-refractivity contribution in [3.63, 3.8) is 0 Å². The second-order valence-corrected chi connectivity index (χ2v) is 19.9. The predicted molar refractivity (Wildman–Crippen MR) is 251 cm³/mol. The topological polar surface area (TPSA) is 205 Å². The molecule has 6 rings (SSSR count). The highest BCUT2D eigenvalue weighted by molar-refractivity contribution is 6.33. The molecule has 0 spiro atoms. The second kappa shape index (κ2) is 20.8. The normalized spacial score (nSPS) is 20.1. The SMILES string of the molecule is Cc1ncoc1-c1ccc(CNC(=O)[C@@H]2C[C@@H](O)CN2C(=O)[C@@H](NC(=O)COCCCCOc2ccc(C(=O)NC3C(C)(C)C(Oc4ccc(C=N)c(Cl)c4)C3(C)C)cc2)C(C)(C)C)cc1. The van der Waals surface area contributed by atoms with E-state index in [0.29, 0.717) is 52.9 Å². The first-order valence-electron chi connectivity index (χ1n) is 22.3. The number of rotatable bonds is 19. The molecule has 354 valence electrons. The molecule has 3 aromatic carbocycles. The van der Waals surface area contributed by atoms with Gasteiger partial charge in [0.15, 0.2) is 12.2 Å². The maximum absolute atomic E-state index is 14.0. The summed E-state index contributed by atoms with van der Waals surface area (Å²) in [6, 6.07) is 17.7. The fourth-order valence-electron chi connectivity index (χ4n) is 9.20. The molecule has 0 radical (unpaired) electrons. The van der Waals surface area contributed by atoms with Gasteiger partial charge in [0.1, 0.15) is 36.3 Å². The lowest BCUT2D eigenvalue weighted by Gasteiger charge is -2.63. The highest BCUT2D eigenvalue weighted by atomic mass is 35.5. The number of nitrogens with zero attached hydrogens (tertiary/aromatic N) is 2. The van der Waals surface area contributed by atoms with E-state index < -0.39 is 41.3 Å². The maximum Gasteiger partial charge on any atom is 0.251 e. The van der Waals surface area contributed by atoms with Gasteiger partial charge in [-0.1, -0.05) is 84.3 Å². The third-order valence-corrected chi connectivity index (χ3v) is 12.8. The molecule has 1 aliphatic heterocycles. The smallest absolute Gasteiger partial charge is 0.251 e. The van der Waals surface area contributed by atoms with Crippen molar-refractivity contribution < 1.29 is 42.9 Å². The number of aliphatic hydroxyl groups is 1. The number of hydrogen-bond donors (Lipinski definition) is 5. The Kier molecular flexibility index (Phi) is 15.7. The summed E-state index contributed by atoms with van der Waals surface area (Å²) in [5, 5.41) is 27.4. The van der Waals surface area contributed by atoms with Crippen LogP contribution in [0, 0.1) is 28.6 Å². The van der Waals surface area contributed by atoms with Gasteiger partial charge in [-0.3, -0.25) is 19.2 Å². The van der Waals surface area contributed by atoms with Gasteiger partial charge >= 0.3 is 0 Å². The van der Waals surface area contributed by atoms with E-state index in [-0.39, 0.29) is 61.6 Å². The number of nitrogens with one attached hydrogen (secondary N) is 4. The fraction of sp³-hybridized carbons (Fsp3) is 0.480. The summed E-state index contributed by atoms with van der Waals surface area (Å²) in [4.78, 5) is 59.3. The number of β-amino-alcohol motifs (C(OH)–C–C–N with tert-alkyl or cyclic N) is 1. The van der Waals surface area contributed by atoms with Crippen molar-refractivity contribution >= 4 is 41.4 Å². The van der Waals surface area contributed by atoms with Crippen LogP contribution in [0.2, 0.25) is 5.02 Å². The molecule has 1 aliphatic carbocycles. The molecular weight excluding hydrogens is 864 g/mol. The number of unbranched alkanes of at least 4 members (excludes halogenated alkanes) is 1. The van der Waals surface area contributed by atoms with Gasteiger partial charge in [0.2, 0.25) is 17.7 Å². The molecule has 3 atom stereocenters. The maximum atomic E-state index is 14.0. The zero-order chi connectivity index (χ0) is 48.0. The van der Waals surface area contributed by atoms with Gasteiger partial charge < -0.3 is 50.0 Å². The number of ether oxygens (including phenoxy) is 3. The number of oxazole rings is 1. The third-order valence-electron chi connectivity index (χ3n) is 12.5. The van der Waals surface area contributed by atoms with E-state index >= 15 is 0 Å².